The van der Waals surface area contributed by atoms with Gasteiger partial charge in [-0.3, -0.25) is 9.59 Å². The van der Waals surface area contributed by atoms with Crippen molar-refractivity contribution in [2.75, 3.05) is 55.6 Å². The minimum absolute atomic E-state index is 0.00865. The van der Waals surface area contributed by atoms with Crippen LogP contribution in [-0.2, 0) is 30.3 Å². The molecule has 18 heteroatoms. The summed E-state index contributed by atoms with van der Waals surface area (Å²) in [7, 11) is -3.84. The van der Waals surface area contributed by atoms with Gasteiger partial charge in [-0.2, -0.15) is 4.31 Å². The molecule has 0 bridgehead atoms. The van der Waals surface area contributed by atoms with Gasteiger partial charge < -0.3 is 30.4 Å². The predicted molar refractivity (Wildman–Crippen MR) is 194 cm³/mol. The summed E-state index contributed by atoms with van der Waals surface area (Å²) in [6, 6.07) is 8.69. The average molecular weight is 782 g/mol. The molecule has 3 N–H and O–H groups in total. The van der Waals surface area contributed by atoms with E-state index in [-0.39, 0.29) is 104 Å². The Morgan fingerprint density at radius 3 is 2.23 bits per heavy atom. The monoisotopic (exact) mass is 781 g/mol. The summed E-state index contributed by atoms with van der Waals surface area (Å²) in [5, 5.41) is 17.4. The van der Waals surface area contributed by atoms with Gasteiger partial charge in [0.15, 0.2) is 0 Å². The number of piperazine rings is 1. The Labute approximate surface area is 312 Å². The van der Waals surface area contributed by atoms with Crippen molar-refractivity contribution in [3.8, 4) is 0 Å². The minimum Gasteiger partial charge on any atom is -0.444 e. The number of anilines is 2. The van der Waals surface area contributed by atoms with Crippen molar-refractivity contribution >= 4 is 56.7 Å². The zero-order chi connectivity index (χ0) is 38.6. The Balaban J connectivity index is 1.13. The number of amides is 3. The number of halogens is 3. The van der Waals surface area contributed by atoms with Crippen molar-refractivity contribution in [2.45, 2.75) is 75.7 Å². The Hall–Kier alpha value is -4.09. The predicted octanol–water partition coefficient (Wildman–Crippen LogP) is 4.74. The van der Waals surface area contributed by atoms with Crippen LogP contribution in [0.3, 0.4) is 0 Å². The molecule has 1 saturated carbocycles. The van der Waals surface area contributed by atoms with Gasteiger partial charge in [-0.1, -0.05) is 16.8 Å². The number of carbonyl (C=O) groups is 3. The van der Waals surface area contributed by atoms with Gasteiger partial charge in [0.2, 0.25) is 21.8 Å². The Bertz CT molecular complexity index is 1790. The van der Waals surface area contributed by atoms with E-state index in [1.165, 1.54) is 22.5 Å². The van der Waals surface area contributed by atoms with Gasteiger partial charge in [-0.05, 0) is 89.3 Å². The number of oxime groups is 1. The van der Waals surface area contributed by atoms with E-state index < -0.39 is 39.5 Å². The molecule has 290 valence electrons. The number of carbonyl (C=O) groups excluding carboxylic acids is 3. The summed E-state index contributed by atoms with van der Waals surface area (Å²) < 4.78 is 65.3. The summed E-state index contributed by atoms with van der Waals surface area (Å²) in [5.41, 5.74) is -0.276. The van der Waals surface area contributed by atoms with Crippen LogP contribution in [0.25, 0.3) is 0 Å². The summed E-state index contributed by atoms with van der Waals surface area (Å²) in [6.07, 6.45) is 1.11. The van der Waals surface area contributed by atoms with Crippen LogP contribution in [0.15, 0.2) is 46.4 Å². The van der Waals surface area contributed by atoms with Crippen molar-refractivity contribution in [2.24, 2.45) is 17.0 Å². The van der Waals surface area contributed by atoms with E-state index in [0.717, 1.165) is 12.5 Å². The van der Waals surface area contributed by atoms with Gasteiger partial charge in [0.1, 0.15) is 16.6 Å². The number of benzene rings is 1. The minimum atomic E-state index is -3.84. The first kappa shape index (κ1) is 40.1. The molecule has 2 aliphatic heterocycles. The van der Waals surface area contributed by atoms with Gasteiger partial charge in [-0.15, -0.1) is 0 Å². The molecule has 3 amide bonds. The highest BCUT2D eigenvalue weighted by Crippen LogP contribution is 2.46. The first-order valence-electron chi connectivity index (χ1n) is 17.6. The molecule has 2 saturated heterocycles. The molecule has 5 rings (SSSR count). The first-order chi connectivity index (χ1) is 25.0. The van der Waals surface area contributed by atoms with Gasteiger partial charge in [-0.25, -0.2) is 27.0 Å². The van der Waals surface area contributed by atoms with E-state index in [0.29, 0.717) is 18.7 Å². The number of pyridine rings is 1. The fraction of sp³-hybridized carbons (Fsp3) is 0.571. The molecule has 0 atom stereocenters. The SMILES string of the molecule is CC(C)(C)OC(=O)NC/C(CNC(=O)[C@H]1CC[C@H](C(F)(F)c2cc(Cl)nc(N3CCN(S(=O)(=O)c4ccc(N5CCCC5=O)cc4)CC3)c2)CC1)=N/O. The third-order valence-electron chi connectivity index (χ3n) is 9.64. The number of alkyl carbamates (subject to hydrolysis) is 1. The van der Waals surface area contributed by atoms with E-state index in [9.17, 15) is 28.0 Å². The summed E-state index contributed by atoms with van der Waals surface area (Å²) >= 11 is 6.26. The molecule has 2 aromatic rings. The smallest absolute Gasteiger partial charge is 0.407 e. The molecule has 53 heavy (non-hydrogen) atoms. The number of aromatic nitrogens is 1. The Morgan fingerprint density at radius 2 is 1.64 bits per heavy atom. The fourth-order valence-electron chi connectivity index (χ4n) is 6.77. The third-order valence-corrected chi connectivity index (χ3v) is 11.7. The van der Waals surface area contributed by atoms with Crippen molar-refractivity contribution in [1.82, 2.24) is 19.9 Å². The molecule has 3 fully saturated rings. The quantitative estimate of drug-likeness (QED) is 0.126. The standard InChI is InChI=1S/C35H46ClF2N7O7S/c1-34(2,3)52-33(48)40-22-26(42-49)21-39-32(47)23-6-8-24(9-7-23)35(37,38)25-19-29(36)41-30(20-25)43-15-17-44(18-16-43)53(50,51)28-12-10-27(11-13-28)45-14-4-5-31(45)46/h10-13,19-20,23-24,49H,4-9,14-18,21-22H2,1-3H3,(H,39,47)(H,40,48)/b42-26+/t23-,24-. The zero-order valence-electron chi connectivity index (χ0n) is 30.0. The van der Waals surface area contributed by atoms with Gasteiger partial charge in [0, 0.05) is 62.2 Å². The number of hydrogen-bond acceptors (Lipinski definition) is 10. The average Bonchev–Trinajstić information content (AvgIpc) is 3.56. The van der Waals surface area contributed by atoms with E-state index in [1.807, 2.05) is 0 Å². The Morgan fingerprint density at radius 1 is 1.00 bits per heavy atom. The van der Waals surface area contributed by atoms with Gasteiger partial charge >= 0.3 is 6.09 Å². The molecule has 3 aliphatic rings. The summed E-state index contributed by atoms with van der Waals surface area (Å²) in [6.45, 7) is 6.02. The largest absolute Gasteiger partial charge is 0.444 e. The van der Waals surface area contributed by atoms with Crippen molar-refractivity contribution in [3.05, 3.63) is 47.1 Å². The van der Waals surface area contributed by atoms with Crippen LogP contribution in [-0.4, -0.2) is 97.9 Å². The van der Waals surface area contributed by atoms with Crippen LogP contribution < -0.4 is 20.4 Å². The molecule has 1 aliphatic carbocycles. The Kier molecular flexibility index (Phi) is 12.5. The van der Waals surface area contributed by atoms with Crippen LogP contribution in [0, 0.1) is 11.8 Å². The number of rotatable bonds is 11. The van der Waals surface area contributed by atoms with Gasteiger partial charge in [0.25, 0.3) is 5.92 Å². The molecule has 14 nitrogen and oxygen atoms in total. The molecule has 0 unspecified atom stereocenters. The maximum Gasteiger partial charge on any atom is 0.407 e. The third kappa shape index (κ3) is 9.92. The van der Waals surface area contributed by atoms with Crippen LogP contribution >= 0.6 is 11.6 Å². The normalized spacial score (nSPS) is 20.7. The van der Waals surface area contributed by atoms with Crippen LogP contribution in [0.4, 0.5) is 25.1 Å². The number of hydrogen-bond donors (Lipinski definition) is 3. The van der Waals surface area contributed by atoms with E-state index >= 15 is 8.78 Å². The lowest BCUT2D eigenvalue weighted by Gasteiger charge is -2.36. The van der Waals surface area contributed by atoms with E-state index in [2.05, 4.69) is 20.8 Å². The lowest BCUT2D eigenvalue weighted by molar-refractivity contribution is -0.128. The van der Waals surface area contributed by atoms with E-state index in [4.69, 9.17) is 16.3 Å². The van der Waals surface area contributed by atoms with Crippen molar-refractivity contribution in [3.63, 3.8) is 0 Å². The van der Waals surface area contributed by atoms with Crippen molar-refractivity contribution in [1.29, 1.82) is 0 Å². The summed E-state index contributed by atoms with van der Waals surface area (Å²) in [5.74, 6) is -4.98. The fourth-order valence-corrected chi connectivity index (χ4v) is 8.40. The second-order valence-corrected chi connectivity index (χ2v) is 16.8. The molecule has 1 aromatic heterocycles. The summed E-state index contributed by atoms with van der Waals surface area (Å²) in [4.78, 5) is 44.5. The molecular formula is C35H46ClF2N7O7S. The molecule has 3 heterocycles. The maximum absolute atomic E-state index is 16.0. The highest BCUT2D eigenvalue weighted by Gasteiger charge is 2.44. The number of ether oxygens (including phenoxy) is 1. The number of alkyl halides is 2. The highest BCUT2D eigenvalue weighted by atomic mass is 35.5. The second-order valence-electron chi connectivity index (χ2n) is 14.5. The number of nitrogens with zero attached hydrogens (tertiary/aromatic N) is 5. The number of nitrogens with one attached hydrogen (secondary N) is 2. The van der Waals surface area contributed by atoms with Crippen LogP contribution in [0.2, 0.25) is 5.15 Å². The number of sulfonamides is 1. The lowest BCUT2D eigenvalue weighted by Crippen LogP contribution is -2.49. The molecule has 0 spiro atoms. The van der Waals surface area contributed by atoms with E-state index in [1.54, 1.807) is 42.7 Å². The topological polar surface area (TPSA) is 174 Å². The zero-order valence-corrected chi connectivity index (χ0v) is 31.6. The molecular weight excluding hydrogens is 736 g/mol. The maximum atomic E-state index is 16.0. The second kappa shape index (κ2) is 16.5. The first-order valence-corrected chi connectivity index (χ1v) is 19.5. The van der Waals surface area contributed by atoms with Crippen molar-refractivity contribution < 1.29 is 41.5 Å². The highest BCUT2D eigenvalue weighted by molar-refractivity contribution is 7.89. The van der Waals surface area contributed by atoms with Gasteiger partial charge in [0.05, 0.1) is 23.7 Å². The lowest BCUT2D eigenvalue weighted by atomic mass is 9.77. The van der Waals surface area contributed by atoms with Crippen LogP contribution in [0.5, 0.6) is 0 Å². The molecule has 1 aromatic carbocycles. The molecule has 0 radical (unpaired) electrons. The van der Waals surface area contributed by atoms with Crippen LogP contribution in [0.1, 0.15) is 64.9 Å².